The molecule has 0 atom stereocenters. The molecule has 0 radical (unpaired) electrons. The van der Waals surface area contributed by atoms with Gasteiger partial charge in [0, 0.05) is 30.5 Å². The number of aromatic nitrogens is 2. The Balaban J connectivity index is 1.76. The first-order valence-corrected chi connectivity index (χ1v) is 7.72. The summed E-state index contributed by atoms with van der Waals surface area (Å²) in [5, 5.41) is 3.32. The summed E-state index contributed by atoms with van der Waals surface area (Å²) < 4.78 is 5.58. The third kappa shape index (κ3) is 2.46. The van der Waals surface area contributed by atoms with Crippen molar-refractivity contribution in [1.82, 2.24) is 9.97 Å². The minimum atomic E-state index is 0.556. The Morgan fingerprint density at radius 3 is 2.95 bits per heavy atom. The second-order valence-corrected chi connectivity index (χ2v) is 5.72. The maximum absolute atomic E-state index is 5.58. The summed E-state index contributed by atoms with van der Waals surface area (Å²) in [5.41, 5.74) is 3.45. The number of ether oxygens (including phenoxy) is 1. The lowest BCUT2D eigenvalue weighted by atomic mass is 10.1. The second kappa shape index (κ2) is 5.02. The van der Waals surface area contributed by atoms with E-state index in [4.69, 9.17) is 9.72 Å². The van der Waals surface area contributed by atoms with Gasteiger partial charge in [-0.1, -0.05) is 0 Å². The molecule has 0 amide bonds. The molecule has 1 aliphatic carbocycles. The maximum atomic E-state index is 5.58. The topological polar surface area (TPSA) is 47.0 Å². The van der Waals surface area contributed by atoms with Gasteiger partial charge in [-0.2, -0.15) is 0 Å². The molecule has 2 aliphatic rings. The Hall–Kier alpha value is -2.10. The lowest BCUT2D eigenvalue weighted by Gasteiger charge is -2.09. The summed E-state index contributed by atoms with van der Waals surface area (Å²) in [7, 11) is 0. The van der Waals surface area contributed by atoms with Gasteiger partial charge in [0.1, 0.15) is 17.4 Å². The fourth-order valence-electron chi connectivity index (χ4n) is 2.76. The van der Waals surface area contributed by atoms with Crippen LogP contribution in [0, 0.1) is 0 Å². The summed E-state index contributed by atoms with van der Waals surface area (Å²) in [6, 6.07) is 8.41. The highest BCUT2D eigenvalue weighted by atomic mass is 16.5. The zero-order valence-electron chi connectivity index (χ0n) is 12.2. The number of benzene rings is 1. The van der Waals surface area contributed by atoms with Gasteiger partial charge < -0.3 is 10.1 Å². The fraction of sp³-hybridized carbons (Fsp3) is 0.412. The van der Waals surface area contributed by atoms with Gasteiger partial charge in [-0.25, -0.2) is 9.97 Å². The third-order valence-corrected chi connectivity index (χ3v) is 4.03. The number of rotatable bonds is 4. The van der Waals surface area contributed by atoms with Crippen molar-refractivity contribution in [3.8, 4) is 17.0 Å². The average molecular weight is 281 g/mol. The quantitative estimate of drug-likeness (QED) is 0.933. The predicted octanol–water partition coefficient (Wildman–Crippen LogP) is 3.39. The summed E-state index contributed by atoms with van der Waals surface area (Å²) in [6.45, 7) is 3.75. The molecule has 108 valence electrons. The molecule has 1 aromatic carbocycles. The van der Waals surface area contributed by atoms with Crippen LogP contribution < -0.4 is 10.1 Å². The van der Waals surface area contributed by atoms with Crippen molar-refractivity contribution >= 4 is 5.82 Å². The lowest BCUT2D eigenvalue weighted by molar-refractivity contribution is 0.357. The van der Waals surface area contributed by atoms with Gasteiger partial charge in [-0.05, 0) is 43.5 Å². The number of nitrogens with one attached hydrogen (secondary N) is 1. The molecule has 1 fully saturated rings. The van der Waals surface area contributed by atoms with Crippen LogP contribution in [0.1, 0.15) is 37.1 Å². The number of fused-ring (bicyclic) bond motifs is 1. The van der Waals surface area contributed by atoms with E-state index in [0.717, 1.165) is 48.2 Å². The van der Waals surface area contributed by atoms with E-state index in [-0.39, 0.29) is 0 Å². The summed E-state index contributed by atoms with van der Waals surface area (Å²) in [6.07, 6.45) is 3.42. The van der Waals surface area contributed by atoms with E-state index in [0.29, 0.717) is 5.92 Å². The SMILES string of the molecule is CCNc1cc(-c2ccc3c(c2)CCO3)nc(C2CC2)n1. The zero-order chi connectivity index (χ0) is 14.2. The van der Waals surface area contributed by atoms with Crippen LogP contribution in [0.3, 0.4) is 0 Å². The molecule has 4 rings (SSSR count). The maximum Gasteiger partial charge on any atom is 0.134 e. The normalized spacial score (nSPS) is 16.4. The van der Waals surface area contributed by atoms with Crippen molar-refractivity contribution in [3.63, 3.8) is 0 Å². The molecule has 0 bridgehead atoms. The first-order chi connectivity index (χ1) is 10.3. The van der Waals surface area contributed by atoms with E-state index in [2.05, 4.69) is 35.4 Å². The molecular weight excluding hydrogens is 262 g/mol. The van der Waals surface area contributed by atoms with Gasteiger partial charge in [-0.3, -0.25) is 0 Å². The molecule has 0 unspecified atom stereocenters. The molecule has 1 aromatic heterocycles. The summed E-state index contributed by atoms with van der Waals surface area (Å²) >= 11 is 0. The molecule has 2 heterocycles. The molecular formula is C17H19N3O. The van der Waals surface area contributed by atoms with Crippen molar-refractivity contribution < 1.29 is 4.74 Å². The molecule has 4 nitrogen and oxygen atoms in total. The molecule has 0 saturated heterocycles. The standard InChI is InChI=1S/C17H19N3O/c1-2-18-16-10-14(19-17(20-16)11-3-4-11)12-5-6-15-13(9-12)7-8-21-15/h5-6,9-11H,2-4,7-8H2,1H3,(H,18,19,20). The highest BCUT2D eigenvalue weighted by Crippen LogP contribution is 2.39. The molecule has 0 spiro atoms. The van der Waals surface area contributed by atoms with Crippen molar-refractivity contribution in [2.24, 2.45) is 0 Å². The van der Waals surface area contributed by atoms with Crippen LogP contribution >= 0.6 is 0 Å². The number of hydrogen-bond acceptors (Lipinski definition) is 4. The number of anilines is 1. The predicted molar refractivity (Wildman–Crippen MR) is 82.8 cm³/mol. The van der Waals surface area contributed by atoms with Gasteiger partial charge in [0.15, 0.2) is 0 Å². The Morgan fingerprint density at radius 1 is 1.24 bits per heavy atom. The third-order valence-electron chi connectivity index (χ3n) is 4.03. The fourth-order valence-corrected chi connectivity index (χ4v) is 2.76. The van der Waals surface area contributed by atoms with Crippen LogP contribution in [0.25, 0.3) is 11.3 Å². The Labute approximate surface area is 124 Å². The largest absolute Gasteiger partial charge is 0.493 e. The van der Waals surface area contributed by atoms with E-state index in [1.54, 1.807) is 0 Å². The molecule has 21 heavy (non-hydrogen) atoms. The van der Waals surface area contributed by atoms with Crippen LogP contribution in [0.5, 0.6) is 5.75 Å². The average Bonchev–Trinajstić information content (AvgIpc) is 3.25. The first kappa shape index (κ1) is 12.6. The minimum Gasteiger partial charge on any atom is -0.493 e. The van der Waals surface area contributed by atoms with Crippen molar-refractivity contribution in [2.45, 2.75) is 32.1 Å². The van der Waals surface area contributed by atoms with Crippen LogP contribution in [0.15, 0.2) is 24.3 Å². The van der Waals surface area contributed by atoms with Gasteiger partial charge in [0.2, 0.25) is 0 Å². The van der Waals surface area contributed by atoms with Crippen LogP contribution in [-0.2, 0) is 6.42 Å². The van der Waals surface area contributed by atoms with Crippen molar-refractivity contribution in [1.29, 1.82) is 0 Å². The van der Waals surface area contributed by atoms with E-state index < -0.39 is 0 Å². The molecule has 1 aliphatic heterocycles. The van der Waals surface area contributed by atoms with E-state index in [9.17, 15) is 0 Å². The van der Waals surface area contributed by atoms with Gasteiger partial charge in [-0.15, -0.1) is 0 Å². The van der Waals surface area contributed by atoms with Crippen LogP contribution in [0.2, 0.25) is 0 Å². The van der Waals surface area contributed by atoms with Crippen molar-refractivity contribution in [2.75, 3.05) is 18.5 Å². The molecule has 1 saturated carbocycles. The minimum absolute atomic E-state index is 0.556. The van der Waals surface area contributed by atoms with Gasteiger partial charge >= 0.3 is 0 Å². The van der Waals surface area contributed by atoms with Gasteiger partial charge in [0.25, 0.3) is 0 Å². The summed E-state index contributed by atoms with van der Waals surface area (Å²) in [5.74, 6) is 3.49. The summed E-state index contributed by atoms with van der Waals surface area (Å²) in [4.78, 5) is 9.42. The molecule has 2 aromatic rings. The molecule has 1 N–H and O–H groups in total. The van der Waals surface area contributed by atoms with Crippen molar-refractivity contribution in [3.05, 3.63) is 35.7 Å². The number of nitrogens with zero attached hydrogens (tertiary/aromatic N) is 2. The highest BCUT2D eigenvalue weighted by molar-refractivity contribution is 5.65. The lowest BCUT2D eigenvalue weighted by Crippen LogP contribution is -2.04. The monoisotopic (exact) mass is 281 g/mol. The van der Waals surface area contributed by atoms with E-state index in [1.807, 2.05) is 6.07 Å². The smallest absolute Gasteiger partial charge is 0.134 e. The highest BCUT2D eigenvalue weighted by Gasteiger charge is 2.27. The Morgan fingerprint density at radius 2 is 2.14 bits per heavy atom. The Bertz CT molecular complexity index is 680. The molecule has 4 heteroatoms. The Kier molecular flexibility index (Phi) is 3.02. The first-order valence-electron chi connectivity index (χ1n) is 7.72. The second-order valence-electron chi connectivity index (χ2n) is 5.72. The van der Waals surface area contributed by atoms with Crippen LogP contribution in [-0.4, -0.2) is 23.1 Å². The zero-order valence-corrected chi connectivity index (χ0v) is 12.2. The van der Waals surface area contributed by atoms with Gasteiger partial charge in [0.05, 0.1) is 12.3 Å². The van der Waals surface area contributed by atoms with E-state index >= 15 is 0 Å². The van der Waals surface area contributed by atoms with E-state index in [1.165, 1.54) is 18.4 Å². The number of hydrogen-bond donors (Lipinski definition) is 1. The van der Waals surface area contributed by atoms with Crippen LogP contribution in [0.4, 0.5) is 5.82 Å².